The smallest absolute Gasteiger partial charge is 0.224 e. The summed E-state index contributed by atoms with van der Waals surface area (Å²) < 4.78 is 24.3. The van der Waals surface area contributed by atoms with E-state index in [-0.39, 0.29) is 17.2 Å². The number of amides is 1. The topological polar surface area (TPSA) is 126 Å². The first-order chi connectivity index (χ1) is 15.3. The van der Waals surface area contributed by atoms with Crippen LogP contribution in [-0.2, 0) is 21.1 Å². The predicted octanol–water partition coefficient (Wildman–Crippen LogP) is 2.57. The van der Waals surface area contributed by atoms with Gasteiger partial charge in [-0.2, -0.15) is 0 Å². The van der Waals surface area contributed by atoms with Gasteiger partial charge >= 0.3 is 0 Å². The van der Waals surface area contributed by atoms with Gasteiger partial charge in [0.15, 0.2) is 15.7 Å². The summed E-state index contributed by atoms with van der Waals surface area (Å²) in [6.07, 6.45) is 1.86. The number of hydrogen-bond donors (Lipinski definition) is 3. The molecule has 3 N–H and O–H groups in total. The van der Waals surface area contributed by atoms with Gasteiger partial charge in [-0.1, -0.05) is 18.2 Å². The fraction of sp³-hybridized carbons (Fsp3) is 0.273. The van der Waals surface area contributed by atoms with Crippen LogP contribution in [0, 0.1) is 0 Å². The van der Waals surface area contributed by atoms with Crippen LogP contribution in [0.5, 0.6) is 0 Å². The van der Waals surface area contributed by atoms with Crippen LogP contribution in [0.1, 0.15) is 19.4 Å². The van der Waals surface area contributed by atoms with E-state index in [0.29, 0.717) is 30.5 Å². The van der Waals surface area contributed by atoms with Crippen molar-refractivity contribution >= 4 is 33.2 Å². The van der Waals surface area contributed by atoms with Gasteiger partial charge in [0.1, 0.15) is 11.6 Å². The van der Waals surface area contributed by atoms with Gasteiger partial charge in [0, 0.05) is 19.3 Å². The zero-order valence-electron chi connectivity index (χ0n) is 17.9. The molecule has 0 atom stereocenters. The van der Waals surface area contributed by atoms with Crippen LogP contribution in [0.4, 0.5) is 17.5 Å². The summed E-state index contributed by atoms with van der Waals surface area (Å²) in [5.74, 6) is 1.70. The van der Waals surface area contributed by atoms with Crippen LogP contribution in [0.15, 0.2) is 65.7 Å². The highest BCUT2D eigenvalue weighted by atomic mass is 32.2. The van der Waals surface area contributed by atoms with Crippen molar-refractivity contribution in [3.63, 3.8) is 0 Å². The van der Waals surface area contributed by atoms with Gasteiger partial charge in [0.2, 0.25) is 5.91 Å². The monoisotopic (exact) mass is 454 g/mol. The average molecular weight is 455 g/mol. The molecule has 1 aromatic carbocycles. The van der Waals surface area contributed by atoms with E-state index in [2.05, 4.69) is 31.1 Å². The number of carbonyl (C=O) groups is 1. The third-order valence-corrected chi connectivity index (χ3v) is 6.75. The molecule has 2 heterocycles. The van der Waals surface area contributed by atoms with Gasteiger partial charge in [0.25, 0.3) is 0 Å². The minimum absolute atomic E-state index is 0.146. The number of benzene rings is 1. The number of sulfone groups is 1. The van der Waals surface area contributed by atoms with Crippen LogP contribution < -0.4 is 16.0 Å². The summed E-state index contributed by atoms with van der Waals surface area (Å²) in [5.41, 5.74) is 0.750. The fourth-order valence-corrected chi connectivity index (χ4v) is 3.83. The molecule has 0 aliphatic heterocycles. The summed E-state index contributed by atoms with van der Waals surface area (Å²) >= 11 is 0. The van der Waals surface area contributed by atoms with Crippen LogP contribution in [0.3, 0.4) is 0 Å². The molecule has 0 spiro atoms. The van der Waals surface area contributed by atoms with E-state index < -0.39 is 15.1 Å². The molecule has 1 amide bonds. The number of nitrogens with one attached hydrogen (secondary N) is 3. The lowest BCUT2D eigenvalue weighted by molar-refractivity contribution is -0.120. The largest absolute Gasteiger partial charge is 0.367 e. The summed E-state index contributed by atoms with van der Waals surface area (Å²) in [6, 6.07) is 15.5. The third-order valence-electron chi connectivity index (χ3n) is 4.58. The molecule has 0 saturated carbocycles. The quantitative estimate of drug-likeness (QED) is 0.399. The second-order valence-corrected chi connectivity index (χ2v) is 9.84. The van der Waals surface area contributed by atoms with Gasteiger partial charge in [-0.3, -0.25) is 4.79 Å². The zero-order valence-corrected chi connectivity index (χ0v) is 18.8. The molecule has 168 valence electrons. The number of pyridine rings is 1. The first-order valence-electron chi connectivity index (χ1n) is 10.2. The van der Waals surface area contributed by atoms with Gasteiger partial charge < -0.3 is 16.0 Å². The Hall–Kier alpha value is -3.53. The van der Waals surface area contributed by atoms with Crippen molar-refractivity contribution in [1.82, 2.24) is 20.5 Å². The number of hydrogen-bond acceptors (Lipinski definition) is 8. The molecule has 9 nitrogen and oxygen atoms in total. The Bertz CT molecular complexity index is 1120. The molecule has 32 heavy (non-hydrogen) atoms. The van der Waals surface area contributed by atoms with Crippen molar-refractivity contribution in [2.24, 2.45) is 0 Å². The molecule has 0 aliphatic carbocycles. The highest BCUT2D eigenvalue weighted by molar-refractivity contribution is 7.92. The van der Waals surface area contributed by atoms with Crippen LogP contribution >= 0.6 is 0 Å². The number of nitrogens with zero attached hydrogens (tertiary/aromatic N) is 3. The lowest BCUT2D eigenvalue weighted by atomic mass is 10.1. The molecule has 0 unspecified atom stereocenters. The Kier molecular flexibility index (Phi) is 7.72. The van der Waals surface area contributed by atoms with Crippen LogP contribution in [0.25, 0.3) is 0 Å². The molecule has 0 aliphatic rings. The van der Waals surface area contributed by atoms with Crippen LogP contribution in [0.2, 0.25) is 0 Å². The SMILES string of the molecule is CC(C)S(=O)(=O)c1ccc(CC(=O)NCCNc2ccc(Nc3ccccn3)nn2)cc1. The fourth-order valence-electron chi connectivity index (χ4n) is 2.77. The minimum atomic E-state index is -3.31. The second-order valence-electron chi connectivity index (χ2n) is 7.34. The summed E-state index contributed by atoms with van der Waals surface area (Å²) in [4.78, 5) is 16.6. The lowest BCUT2D eigenvalue weighted by Gasteiger charge is -2.10. The third kappa shape index (κ3) is 6.48. The van der Waals surface area contributed by atoms with Gasteiger partial charge in [-0.15, -0.1) is 10.2 Å². The van der Waals surface area contributed by atoms with Crippen molar-refractivity contribution in [3.8, 4) is 0 Å². The van der Waals surface area contributed by atoms with Gasteiger partial charge in [0.05, 0.1) is 16.6 Å². The van der Waals surface area contributed by atoms with E-state index in [0.717, 1.165) is 5.56 Å². The van der Waals surface area contributed by atoms with Crippen molar-refractivity contribution < 1.29 is 13.2 Å². The first-order valence-corrected chi connectivity index (χ1v) is 11.7. The van der Waals surface area contributed by atoms with Crippen LogP contribution in [-0.4, -0.2) is 47.8 Å². The van der Waals surface area contributed by atoms with Gasteiger partial charge in [-0.25, -0.2) is 13.4 Å². The maximum atomic E-state index is 12.2. The summed E-state index contributed by atoms with van der Waals surface area (Å²) in [6.45, 7) is 4.18. The highest BCUT2D eigenvalue weighted by Crippen LogP contribution is 2.16. The summed E-state index contributed by atoms with van der Waals surface area (Å²) in [7, 11) is -3.31. The molecule has 3 rings (SSSR count). The van der Waals surface area contributed by atoms with E-state index >= 15 is 0 Å². The number of carbonyl (C=O) groups excluding carboxylic acids is 1. The molecule has 3 aromatic rings. The van der Waals surface area contributed by atoms with E-state index in [1.165, 1.54) is 0 Å². The molecule has 0 saturated heterocycles. The maximum absolute atomic E-state index is 12.2. The molecule has 0 bridgehead atoms. The molecule has 10 heteroatoms. The van der Waals surface area contributed by atoms with Crippen molar-refractivity contribution in [2.45, 2.75) is 30.4 Å². The number of rotatable bonds is 10. The first kappa shape index (κ1) is 23.1. The van der Waals surface area contributed by atoms with E-state index in [1.807, 2.05) is 18.2 Å². The van der Waals surface area contributed by atoms with E-state index in [4.69, 9.17) is 0 Å². The maximum Gasteiger partial charge on any atom is 0.224 e. The number of anilines is 3. The van der Waals surface area contributed by atoms with E-state index in [9.17, 15) is 13.2 Å². The zero-order chi connectivity index (χ0) is 23.0. The molecular formula is C22H26N6O3S. The molecular weight excluding hydrogens is 428 g/mol. The van der Waals surface area contributed by atoms with E-state index in [1.54, 1.807) is 56.4 Å². The Morgan fingerprint density at radius 3 is 2.25 bits per heavy atom. The standard InChI is InChI=1S/C22H26N6O3S/c1-16(2)32(30,31)18-8-6-17(7-9-18)15-22(29)25-14-13-24-20-10-11-21(28-27-20)26-19-5-3-4-12-23-19/h3-12,16H,13-15H2,1-2H3,(H,24,27)(H,25,29)(H,23,26,28). The van der Waals surface area contributed by atoms with Crippen molar-refractivity contribution in [2.75, 3.05) is 23.7 Å². The molecule has 0 fully saturated rings. The predicted molar refractivity (Wildman–Crippen MR) is 124 cm³/mol. The Balaban J connectivity index is 1.39. The average Bonchev–Trinajstić information content (AvgIpc) is 2.79. The lowest BCUT2D eigenvalue weighted by Crippen LogP contribution is -2.30. The van der Waals surface area contributed by atoms with Crippen molar-refractivity contribution in [3.05, 3.63) is 66.4 Å². The highest BCUT2D eigenvalue weighted by Gasteiger charge is 2.18. The van der Waals surface area contributed by atoms with Crippen molar-refractivity contribution in [1.29, 1.82) is 0 Å². The van der Waals surface area contributed by atoms with Gasteiger partial charge in [-0.05, 0) is 55.8 Å². The summed E-state index contributed by atoms with van der Waals surface area (Å²) in [5, 5.41) is 16.6. The Morgan fingerprint density at radius 1 is 0.906 bits per heavy atom. The Labute approximate surface area is 187 Å². The minimum Gasteiger partial charge on any atom is -0.367 e. The normalized spacial score (nSPS) is 11.2. The second kappa shape index (κ2) is 10.7. The molecule has 0 radical (unpaired) electrons. The number of aromatic nitrogens is 3. The Morgan fingerprint density at radius 2 is 1.62 bits per heavy atom. The molecule has 2 aromatic heterocycles.